The number of hydrogen-bond donors (Lipinski definition) is 1. The zero-order valence-electron chi connectivity index (χ0n) is 11.1. The average molecular weight is 289 g/mol. The number of carbonyl (C=O) groups is 1. The number of aryl methyl sites for hydroxylation is 1. The normalized spacial score (nSPS) is 11.2. The number of halogens is 1. The lowest BCUT2D eigenvalue weighted by atomic mass is 10.2. The summed E-state index contributed by atoms with van der Waals surface area (Å²) in [7, 11) is 3.69. The van der Waals surface area contributed by atoms with Gasteiger partial charge in [-0.05, 0) is 30.3 Å². The lowest BCUT2D eigenvalue weighted by molar-refractivity contribution is 0.0687. The standard InChI is InChI=1S/C15H13ClN2O2/c1-17-11-5-3-4-10(16)9(11)8-14(17)12-6-7-13(15(19)20)18(12)2/h3-8H,1-2H3,(H,19,20). The third-order valence-electron chi connectivity index (χ3n) is 3.64. The van der Waals surface area contributed by atoms with Gasteiger partial charge in [-0.1, -0.05) is 17.7 Å². The molecule has 2 aromatic heterocycles. The van der Waals surface area contributed by atoms with Crippen LogP contribution in [-0.4, -0.2) is 20.2 Å². The van der Waals surface area contributed by atoms with E-state index in [0.717, 1.165) is 22.3 Å². The first-order valence-electron chi connectivity index (χ1n) is 6.14. The molecule has 0 atom stereocenters. The smallest absolute Gasteiger partial charge is 0.352 e. The van der Waals surface area contributed by atoms with E-state index in [-0.39, 0.29) is 5.69 Å². The van der Waals surface area contributed by atoms with Crippen LogP contribution in [0.15, 0.2) is 36.4 Å². The van der Waals surface area contributed by atoms with E-state index in [1.807, 2.05) is 41.9 Å². The highest BCUT2D eigenvalue weighted by atomic mass is 35.5. The molecule has 102 valence electrons. The van der Waals surface area contributed by atoms with E-state index in [2.05, 4.69) is 0 Å². The number of aromatic nitrogens is 2. The molecule has 0 aliphatic rings. The molecule has 20 heavy (non-hydrogen) atoms. The zero-order valence-corrected chi connectivity index (χ0v) is 11.8. The summed E-state index contributed by atoms with van der Waals surface area (Å²) in [6.45, 7) is 0. The first kappa shape index (κ1) is 12.8. The fraction of sp³-hybridized carbons (Fsp3) is 0.133. The largest absolute Gasteiger partial charge is 0.477 e. The maximum Gasteiger partial charge on any atom is 0.352 e. The second-order valence-corrected chi connectivity index (χ2v) is 5.14. The van der Waals surface area contributed by atoms with Crippen LogP contribution in [0.5, 0.6) is 0 Å². The number of fused-ring (bicyclic) bond motifs is 1. The third-order valence-corrected chi connectivity index (χ3v) is 3.97. The lowest BCUT2D eigenvalue weighted by Crippen LogP contribution is -2.06. The summed E-state index contributed by atoms with van der Waals surface area (Å²) in [5, 5.41) is 10.8. The predicted octanol–water partition coefficient (Wildman–Crippen LogP) is 3.54. The third kappa shape index (κ3) is 1.72. The van der Waals surface area contributed by atoms with E-state index in [4.69, 9.17) is 16.7 Å². The van der Waals surface area contributed by atoms with Crippen LogP contribution in [0.3, 0.4) is 0 Å². The van der Waals surface area contributed by atoms with E-state index in [9.17, 15) is 4.79 Å². The molecule has 4 nitrogen and oxygen atoms in total. The maximum atomic E-state index is 11.1. The topological polar surface area (TPSA) is 47.2 Å². The molecule has 2 heterocycles. The summed E-state index contributed by atoms with van der Waals surface area (Å²) in [6.07, 6.45) is 0. The second kappa shape index (κ2) is 4.42. The van der Waals surface area contributed by atoms with Crippen molar-refractivity contribution in [3.8, 4) is 11.4 Å². The van der Waals surface area contributed by atoms with Crippen molar-refractivity contribution in [1.82, 2.24) is 9.13 Å². The molecule has 0 aliphatic heterocycles. The van der Waals surface area contributed by atoms with Crippen LogP contribution >= 0.6 is 11.6 Å². The number of hydrogen-bond acceptors (Lipinski definition) is 1. The SMILES string of the molecule is Cn1c(C(=O)O)ccc1-c1cc2c(Cl)cccc2n1C. The summed E-state index contributed by atoms with van der Waals surface area (Å²) in [5.41, 5.74) is 3.06. The Bertz CT molecular complexity index is 830. The maximum absolute atomic E-state index is 11.1. The van der Waals surface area contributed by atoms with Crippen molar-refractivity contribution in [2.24, 2.45) is 14.1 Å². The minimum Gasteiger partial charge on any atom is -0.477 e. The fourth-order valence-corrected chi connectivity index (χ4v) is 2.78. The van der Waals surface area contributed by atoms with Crippen molar-refractivity contribution in [3.05, 3.63) is 47.1 Å². The van der Waals surface area contributed by atoms with Crippen LogP contribution in [0.25, 0.3) is 22.3 Å². The van der Waals surface area contributed by atoms with Crippen LogP contribution in [0.2, 0.25) is 5.02 Å². The Hall–Kier alpha value is -2.20. The van der Waals surface area contributed by atoms with Gasteiger partial charge in [0.25, 0.3) is 0 Å². The van der Waals surface area contributed by atoms with E-state index < -0.39 is 5.97 Å². The Morgan fingerprint density at radius 1 is 1.10 bits per heavy atom. The molecule has 1 aromatic carbocycles. The van der Waals surface area contributed by atoms with Crippen molar-refractivity contribution in [2.45, 2.75) is 0 Å². The van der Waals surface area contributed by atoms with Crippen molar-refractivity contribution < 1.29 is 9.90 Å². The highest BCUT2D eigenvalue weighted by Gasteiger charge is 2.16. The summed E-state index contributed by atoms with van der Waals surface area (Å²) >= 11 is 6.21. The Kier molecular flexibility index (Phi) is 2.83. The lowest BCUT2D eigenvalue weighted by Gasteiger charge is -2.07. The number of carboxylic acids is 1. The van der Waals surface area contributed by atoms with Crippen molar-refractivity contribution in [3.63, 3.8) is 0 Å². The van der Waals surface area contributed by atoms with Crippen molar-refractivity contribution in [2.75, 3.05) is 0 Å². The van der Waals surface area contributed by atoms with E-state index in [1.165, 1.54) is 0 Å². The highest BCUT2D eigenvalue weighted by molar-refractivity contribution is 6.35. The Morgan fingerprint density at radius 3 is 2.45 bits per heavy atom. The fourth-order valence-electron chi connectivity index (χ4n) is 2.55. The highest BCUT2D eigenvalue weighted by Crippen LogP contribution is 2.32. The summed E-state index contributed by atoms with van der Waals surface area (Å²) in [4.78, 5) is 11.1. The van der Waals surface area contributed by atoms with Crippen molar-refractivity contribution >= 4 is 28.5 Å². The predicted molar refractivity (Wildman–Crippen MR) is 79.3 cm³/mol. The van der Waals surface area contributed by atoms with Gasteiger partial charge in [0.15, 0.2) is 0 Å². The molecule has 3 rings (SSSR count). The number of aromatic carboxylic acids is 1. The summed E-state index contributed by atoms with van der Waals surface area (Å²) in [6, 6.07) is 11.1. The molecule has 0 spiro atoms. The van der Waals surface area contributed by atoms with Gasteiger partial charge in [0.1, 0.15) is 5.69 Å². The molecule has 0 radical (unpaired) electrons. The summed E-state index contributed by atoms with van der Waals surface area (Å²) < 4.78 is 3.69. The molecule has 5 heteroatoms. The molecule has 0 fully saturated rings. The monoisotopic (exact) mass is 288 g/mol. The Labute approximate surface area is 120 Å². The van der Waals surface area contributed by atoms with Crippen LogP contribution in [0.4, 0.5) is 0 Å². The molecule has 1 N–H and O–H groups in total. The van der Waals surface area contributed by atoms with Crippen LogP contribution in [0, 0.1) is 0 Å². The molecule has 0 bridgehead atoms. The van der Waals surface area contributed by atoms with E-state index in [1.54, 1.807) is 17.7 Å². The minimum atomic E-state index is -0.935. The average Bonchev–Trinajstić information content (AvgIpc) is 2.92. The van der Waals surface area contributed by atoms with Crippen LogP contribution in [-0.2, 0) is 14.1 Å². The quantitative estimate of drug-likeness (QED) is 0.784. The minimum absolute atomic E-state index is 0.261. The molecule has 0 saturated heterocycles. The van der Waals surface area contributed by atoms with Gasteiger partial charge in [-0.15, -0.1) is 0 Å². The molecule has 0 saturated carbocycles. The zero-order chi connectivity index (χ0) is 14.4. The van der Waals surface area contributed by atoms with Crippen LogP contribution < -0.4 is 0 Å². The molecule has 3 aromatic rings. The van der Waals surface area contributed by atoms with Gasteiger partial charge < -0.3 is 14.2 Å². The van der Waals surface area contributed by atoms with Gasteiger partial charge >= 0.3 is 5.97 Å². The van der Waals surface area contributed by atoms with Gasteiger partial charge in [0.2, 0.25) is 0 Å². The molecule has 0 aliphatic carbocycles. The Balaban J connectivity index is 2.28. The Morgan fingerprint density at radius 2 is 1.85 bits per heavy atom. The van der Waals surface area contributed by atoms with Crippen LogP contribution in [0.1, 0.15) is 10.5 Å². The van der Waals surface area contributed by atoms with E-state index in [0.29, 0.717) is 5.02 Å². The van der Waals surface area contributed by atoms with Gasteiger partial charge in [-0.25, -0.2) is 4.79 Å². The van der Waals surface area contributed by atoms with Crippen molar-refractivity contribution in [1.29, 1.82) is 0 Å². The first-order chi connectivity index (χ1) is 9.50. The first-order valence-corrected chi connectivity index (χ1v) is 6.52. The van der Waals surface area contributed by atoms with Gasteiger partial charge in [-0.3, -0.25) is 0 Å². The number of benzene rings is 1. The molecular formula is C15H13ClN2O2. The molecular weight excluding hydrogens is 276 g/mol. The summed E-state index contributed by atoms with van der Waals surface area (Å²) in [5.74, 6) is -0.935. The number of rotatable bonds is 2. The van der Waals surface area contributed by atoms with Gasteiger partial charge in [0, 0.05) is 30.0 Å². The second-order valence-electron chi connectivity index (χ2n) is 4.73. The molecule has 0 unspecified atom stereocenters. The van der Waals surface area contributed by atoms with Gasteiger partial charge in [-0.2, -0.15) is 0 Å². The van der Waals surface area contributed by atoms with Gasteiger partial charge in [0.05, 0.1) is 11.4 Å². The van der Waals surface area contributed by atoms with E-state index >= 15 is 0 Å². The molecule has 0 amide bonds. The number of nitrogens with zero attached hydrogens (tertiary/aromatic N) is 2. The number of carboxylic acid groups (broad SMARTS) is 1.